The molecule has 0 amide bonds. The van der Waals surface area contributed by atoms with Gasteiger partial charge in [0, 0.05) is 32.9 Å². The molecule has 1 aliphatic heterocycles. The molecule has 2 heterocycles. The number of anilines is 3. The molecular formula is C45H54N2. The van der Waals surface area contributed by atoms with E-state index in [1.165, 1.54) is 78.7 Å². The number of hydrogen-bond donors (Lipinski definition) is 1. The van der Waals surface area contributed by atoms with Crippen molar-refractivity contribution in [1.29, 1.82) is 0 Å². The van der Waals surface area contributed by atoms with Crippen LogP contribution in [0.4, 0.5) is 17.1 Å². The zero-order chi connectivity index (χ0) is 33.9. The molecule has 0 aliphatic carbocycles. The summed E-state index contributed by atoms with van der Waals surface area (Å²) < 4.78 is 0. The molecule has 2 heteroatoms. The Kier molecular flexibility index (Phi) is 10.3. The summed E-state index contributed by atoms with van der Waals surface area (Å²) in [5.74, 6) is 1.44. The summed E-state index contributed by atoms with van der Waals surface area (Å²) in [6.45, 7) is 22.5. The molecule has 2 nitrogen and oxygen atoms in total. The predicted molar refractivity (Wildman–Crippen MR) is 207 cm³/mol. The standard InChI is InChI=1S/C32H32N2.C8H10.C5H12/c1-6-20(2)23-17-24-25-18-27-31(19-29(25)33-28(24)16-21(23)3)34(22-12-8-7-9-13-22)30-15-11-10-14-26(30)32(27,4)5;1-7-5-3-4-6-8(7)2;1-4-5(2)3/h7-20,33H,6H2,1-5H3;3-6H,1-2H3;5H,4H2,1-3H3. The number of para-hydroxylation sites is 2. The highest BCUT2D eigenvalue weighted by Gasteiger charge is 2.37. The van der Waals surface area contributed by atoms with Crippen LogP contribution < -0.4 is 4.90 Å². The second kappa shape index (κ2) is 14.2. The second-order valence-corrected chi connectivity index (χ2v) is 14.3. The third-order valence-electron chi connectivity index (χ3n) is 10.2. The summed E-state index contributed by atoms with van der Waals surface area (Å²) in [5, 5.41) is 2.65. The zero-order valence-corrected chi connectivity index (χ0v) is 30.3. The molecule has 244 valence electrons. The first-order valence-electron chi connectivity index (χ1n) is 17.5. The van der Waals surface area contributed by atoms with Gasteiger partial charge >= 0.3 is 0 Å². The summed E-state index contributed by atoms with van der Waals surface area (Å²) in [6, 6.07) is 37.5. The molecule has 0 spiro atoms. The average molecular weight is 623 g/mol. The summed E-state index contributed by atoms with van der Waals surface area (Å²) in [6.07, 6.45) is 2.46. The van der Waals surface area contributed by atoms with Crippen molar-refractivity contribution < 1.29 is 0 Å². The second-order valence-electron chi connectivity index (χ2n) is 14.3. The van der Waals surface area contributed by atoms with Crippen LogP contribution in [-0.2, 0) is 5.41 Å². The molecule has 1 atom stereocenters. The molecule has 1 N–H and O–H groups in total. The van der Waals surface area contributed by atoms with Crippen molar-refractivity contribution in [3.8, 4) is 0 Å². The van der Waals surface area contributed by atoms with Gasteiger partial charge in [0.25, 0.3) is 0 Å². The van der Waals surface area contributed by atoms with Crippen molar-refractivity contribution in [1.82, 2.24) is 4.98 Å². The van der Waals surface area contributed by atoms with Crippen molar-refractivity contribution in [2.45, 2.75) is 93.4 Å². The first-order chi connectivity index (χ1) is 22.5. The van der Waals surface area contributed by atoms with Crippen LogP contribution in [0.1, 0.15) is 101 Å². The smallest absolute Gasteiger partial charge is 0.0523 e. The van der Waals surface area contributed by atoms with Gasteiger partial charge in [0.2, 0.25) is 0 Å². The zero-order valence-electron chi connectivity index (χ0n) is 30.3. The predicted octanol–water partition coefficient (Wildman–Crippen LogP) is 13.6. The van der Waals surface area contributed by atoms with E-state index in [1.807, 2.05) is 0 Å². The maximum absolute atomic E-state index is 3.75. The van der Waals surface area contributed by atoms with E-state index in [9.17, 15) is 0 Å². The fraction of sp³-hybridized carbons (Fsp3) is 0.333. The van der Waals surface area contributed by atoms with Gasteiger partial charge in [-0.2, -0.15) is 0 Å². The highest BCUT2D eigenvalue weighted by molar-refractivity contribution is 6.10. The first-order valence-corrected chi connectivity index (χ1v) is 17.5. The van der Waals surface area contributed by atoms with Crippen molar-refractivity contribution in [2.75, 3.05) is 4.90 Å². The van der Waals surface area contributed by atoms with E-state index in [4.69, 9.17) is 0 Å². The highest BCUT2D eigenvalue weighted by atomic mass is 15.2. The Hall–Kier alpha value is -4.30. The van der Waals surface area contributed by atoms with Gasteiger partial charge in [-0.3, -0.25) is 0 Å². The van der Waals surface area contributed by atoms with Gasteiger partial charge in [-0.15, -0.1) is 0 Å². The number of benzene rings is 5. The third-order valence-corrected chi connectivity index (χ3v) is 10.2. The quantitative estimate of drug-likeness (QED) is 0.207. The van der Waals surface area contributed by atoms with Gasteiger partial charge in [0.05, 0.1) is 11.4 Å². The number of nitrogens with one attached hydrogen (secondary N) is 1. The van der Waals surface area contributed by atoms with Crippen LogP contribution in [0.2, 0.25) is 0 Å². The minimum atomic E-state index is -0.0980. The molecule has 0 radical (unpaired) electrons. The normalized spacial score (nSPS) is 13.7. The Morgan fingerprint density at radius 2 is 1.15 bits per heavy atom. The van der Waals surface area contributed by atoms with E-state index in [0.717, 1.165) is 12.3 Å². The van der Waals surface area contributed by atoms with E-state index >= 15 is 0 Å². The van der Waals surface area contributed by atoms with Gasteiger partial charge in [-0.25, -0.2) is 0 Å². The molecule has 7 rings (SSSR count). The number of fused-ring (bicyclic) bond motifs is 5. The fourth-order valence-electron chi connectivity index (χ4n) is 6.54. The van der Waals surface area contributed by atoms with Crippen LogP contribution in [0.5, 0.6) is 0 Å². The molecular weight excluding hydrogens is 569 g/mol. The molecule has 1 unspecified atom stereocenters. The van der Waals surface area contributed by atoms with E-state index < -0.39 is 0 Å². The minimum Gasteiger partial charge on any atom is -0.354 e. The molecule has 5 aromatic carbocycles. The SMILES string of the molecule is CCC(C)C.CCC(C)c1cc2c(cc1C)[nH]c1cc3c(cc12)C(C)(C)c1ccccc1N3c1ccccc1.Cc1ccccc1C. The summed E-state index contributed by atoms with van der Waals surface area (Å²) in [7, 11) is 0. The number of nitrogens with zero attached hydrogens (tertiary/aromatic N) is 1. The van der Waals surface area contributed by atoms with Crippen LogP contribution in [0, 0.1) is 26.7 Å². The Morgan fingerprint density at radius 3 is 1.74 bits per heavy atom. The van der Waals surface area contributed by atoms with Crippen molar-refractivity contribution in [3.63, 3.8) is 0 Å². The van der Waals surface area contributed by atoms with Crippen LogP contribution in [0.3, 0.4) is 0 Å². The molecule has 6 aromatic rings. The molecule has 0 fully saturated rings. The molecule has 47 heavy (non-hydrogen) atoms. The lowest BCUT2D eigenvalue weighted by Gasteiger charge is -2.42. The van der Waals surface area contributed by atoms with Gasteiger partial charge in [0.1, 0.15) is 0 Å². The fourth-order valence-corrected chi connectivity index (χ4v) is 6.54. The number of aromatic amines is 1. The van der Waals surface area contributed by atoms with Crippen molar-refractivity contribution in [2.24, 2.45) is 5.92 Å². The molecule has 0 saturated heterocycles. The van der Waals surface area contributed by atoms with Crippen LogP contribution in [0.25, 0.3) is 21.8 Å². The minimum absolute atomic E-state index is 0.0980. The lowest BCUT2D eigenvalue weighted by atomic mass is 9.73. The average Bonchev–Trinajstić information content (AvgIpc) is 3.42. The monoisotopic (exact) mass is 622 g/mol. The first kappa shape index (κ1) is 34.0. The summed E-state index contributed by atoms with van der Waals surface area (Å²) >= 11 is 0. The number of aromatic nitrogens is 1. The topological polar surface area (TPSA) is 19.0 Å². The maximum Gasteiger partial charge on any atom is 0.0523 e. The molecule has 0 bridgehead atoms. The summed E-state index contributed by atoms with van der Waals surface area (Å²) in [4.78, 5) is 6.18. The highest BCUT2D eigenvalue weighted by Crippen LogP contribution is 2.53. The van der Waals surface area contributed by atoms with E-state index in [0.29, 0.717) is 5.92 Å². The summed E-state index contributed by atoms with van der Waals surface area (Å²) in [5.41, 5.74) is 14.3. The van der Waals surface area contributed by atoms with E-state index in [2.05, 4.69) is 182 Å². The Bertz CT molecular complexity index is 1940. The Labute approximate surface area is 283 Å². The number of aryl methyl sites for hydroxylation is 3. The van der Waals surface area contributed by atoms with Crippen molar-refractivity contribution in [3.05, 3.63) is 137 Å². The largest absolute Gasteiger partial charge is 0.354 e. The van der Waals surface area contributed by atoms with Gasteiger partial charge in [0.15, 0.2) is 0 Å². The van der Waals surface area contributed by atoms with Crippen molar-refractivity contribution >= 4 is 38.9 Å². The van der Waals surface area contributed by atoms with E-state index in [1.54, 1.807) is 0 Å². The lowest BCUT2D eigenvalue weighted by Crippen LogP contribution is -2.30. The van der Waals surface area contributed by atoms with Crippen LogP contribution >= 0.6 is 0 Å². The Morgan fingerprint density at radius 1 is 0.596 bits per heavy atom. The van der Waals surface area contributed by atoms with E-state index in [-0.39, 0.29) is 5.41 Å². The number of hydrogen-bond acceptors (Lipinski definition) is 1. The number of rotatable bonds is 4. The number of H-pyrrole nitrogens is 1. The Balaban J connectivity index is 0.000000281. The van der Waals surface area contributed by atoms with Crippen LogP contribution in [0.15, 0.2) is 103 Å². The molecule has 1 aliphatic rings. The maximum atomic E-state index is 3.75. The third kappa shape index (κ3) is 6.89. The lowest BCUT2D eigenvalue weighted by molar-refractivity contribution is 0.626. The molecule has 0 saturated carbocycles. The van der Waals surface area contributed by atoms with Gasteiger partial charge in [-0.05, 0) is 115 Å². The molecule has 1 aromatic heterocycles. The van der Waals surface area contributed by atoms with Gasteiger partial charge in [-0.1, -0.05) is 116 Å². The van der Waals surface area contributed by atoms with Gasteiger partial charge < -0.3 is 9.88 Å². The van der Waals surface area contributed by atoms with Crippen LogP contribution in [-0.4, -0.2) is 4.98 Å².